The molecule has 1 N–H and O–H groups in total. The van der Waals surface area contributed by atoms with E-state index in [0.29, 0.717) is 11.9 Å². The van der Waals surface area contributed by atoms with E-state index in [1.807, 2.05) is 6.92 Å². The van der Waals surface area contributed by atoms with Crippen LogP contribution in [0, 0.1) is 6.92 Å². The maximum absolute atomic E-state index is 5.12. The molecule has 0 aliphatic carbocycles. The zero-order valence-corrected chi connectivity index (χ0v) is 9.36. The fraction of sp³-hybridized carbons (Fsp3) is 0.800. The van der Waals surface area contributed by atoms with E-state index < -0.39 is 0 Å². The van der Waals surface area contributed by atoms with Crippen molar-refractivity contribution in [2.75, 3.05) is 19.6 Å². The Kier molecular flexibility index (Phi) is 3.33. The molecule has 15 heavy (non-hydrogen) atoms. The first-order chi connectivity index (χ1) is 7.24. The molecular weight excluding hydrogens is 192 g/mol. The topological polar surface area (TPSA) is 54.2 Å². The molecule has 0 aromatic carbocycles. The van der Waals surface area contributed by atoms with Crippen molar-refractivity contribution in [3.05, 3.63) is 11.7 Å². The lowest BCUT2D eigenvalue weighted by Crippen LogP contribution is -2.35. The van der Waals surface area contributed by atoms with Gasteiger partial charge in [0.1, 0.15) is 0 Å². The van der Waals surface area contributed by atoms with Gasteiger partial charge in [0.05, 0.1) is 6.54 Å². The SMILES string of the molecule is Cc1noc(CN2CCCNC(C)C2)n1. The lowest BCUT2D eigenvalue weighted by Gasteiger charge is -2.19. The van der Waals surface area contributed by atoms with Gasteiger partial charge in [0.2, 0.25) is 5.89 Å². The first-order valence-corrected chi connectivity index (χ1v) is 5.49. The van der Waals surface area contributed by atoms with Crippen LogP contribution in [0.5, 0.6) is 0 Å². The Morgan fingerprint density at radius 2 is 2.47 bits per heavy atom. The van der Waals surface area contributed by atoms with Crippen LogP contribution in [0.25, 0.3) is 0 Å². The Bertz CT molecular complexity index is 312. The Morgan fingerprint density at radius 1 is 1.60 bits per heavy atom. The van der Waals surface area contributed by atoms with Crippen molar-refractivity contribution in [2.24, 2.45) is 0 Å². The second-order valence-corrected chi connectivity index (χ2v) is 4.18. The molecule has 1 atom stereocenters. The fourth-order valence-corrected chi connectivity index (χ4v) is 1.93. The van der Waals surface area contributed by atoms with Gasteiger partial charge in [-0.25, -0.2) is 0 Å². The van der Waals surface area contributed by atoms with Gasteiger partial charge >= 0.3 is 0 Å². The second kappa shape index (κ2) is 4.72. The van der Waals surface area contributed by atoms with Gasteiger partial charge in [0.15, 0.2) is 5.82 Å². The molecule has 2 heterocycles. The zero-order chi connectivity index (χ0) is 10.7. The third-order valence-electron chi connectivity index (χ3n) is 2.60. The summed E-state index contributed by atoms with van der Waals surface area (Å²) in [4.78, 5) is 6.58. The van der Waals surface area contributed by atoms with E-state index in [0.717, 1.165) is 32.1 Å². The summed E-state index contributed by atoms with van der Waals surface area (Å²) in [6.07, 6.45) is 1.18. The Hall–Kier alpha value is -0.940. The Morgan fingerprint density at radius 3 is 3.20 bits per heavy atom. The lowest BCUT2D eigenvalue weighted by atomic mass is 10.3. The van der Waals surface area contributed by atoms with E-state index in [2.05, 4.69) is 27.3 Å². The van der Waals surface area contributed by atoms with Crippen LogP contribution in [0.2, 0.25) is 0 Å². The summed E-state index contributed by atoms with van der Waals surface area (Å²) in [6, 6.07) is 0.538. The predicted octanol–water partition coefficient (Wildman–Crippen LogP) is 0.562. The van der Waals surface area contributed by atoms with Gasteiger partial charge in [-0.05, 0) is 33.4 Å². The Labute approximate surface area is 89.8 Å². The number of hydrogen-bond acceptors (Lipinski definition) is 5. The molecule has 0 spiro atoms. The van der Waals surface area contributed by atoms with Crippen molar-refractivity contribution in [3.8, 4) is 0 Å². The summed E-state index contributed by atoms with van der Waals surface area (Å²) in [5, 5.41) is 7.25. The molecule has 0 bridgehead atoms. The summed E-state index contributed by atoms with van der Waals surface area (Å²) < 4.78 is 5.12. The fourth-order valence-electron chi connectivity index (χ4n) is 1.93. The first-order valence-electron chi connectivity index (χ1n) is 5.49. The van der Waals surface area contributed by atoms with Crippen LogP contribution in [0.15, 0.2) is 4.52 Å². The van der Waals surface area contributed by atoms with Crippen molar-refractivity contribution in [2.45, 2.75) is 32.9 Å². The minimum absolute atomic E-state index is 0.538. The summed E-state index contributed by atoms with van der Waals surface area (Å²) >= 11 is 0. The van der Waals surface area contributed by atoms with E-state index in [-0.39, 0.29) is 0 Å². The molecule has 0 amide bonds. The summed E-state index contributed by atoms with van der Waals surface area (Å²) in [5.41, 5.74) is 0. The molecule has 5 nitrogen and oxygen atoms in total. The highest BCUT2D eigenvalue weighted by Crippen LogP contribution is 2.06. The number of hydrogen-bond donors (Lipinski definition) is 1. The van der Waals surface area contributed by atoms with Gasteiger partial charge < -0.3 is 9.84 Å². The van der Waals surface area contributed by atoms with Crippen molar-refractivity contribution < 1.29 is 4.52 Å². The Balaban J connectivity index is 1.92. The standard InChI is InChI=1S/C10H18N4O/c1-8-6-14(5-3-4-11-8)7-10-12-9(2)13-15-10/h8,11H,3-7H2,1-2H3. The van der Waals surface area contributed by atoms with Crippen LogP contribution in [-0.2, 0) is 6.54 Å². The second-order valence-electron chi connectivity index (χ2n) is 4.18. The molecule has 2 rings (SSSR count). The molecule has 1 aliphatic rings. The molecule has 1 aliphatic heterocycles. The lowest BCUT2D eigenvalue weighted by molar-refractivity contribution is 0.226. The van der Waals surface area contributed by atoms with Crippen LogP contribution in [0.3, 0.4) is 0 Å². The maximum atomic E-state index is 5.12. The number of nitrogens with one attached hydrogen (secondary N) is 1. The largest absolute Gasteiger partial charge is 0.338 e. The number of nitrogens with zero attached hydrogens (tertiary/aromatic N) is 3. The predicted molar refractivity (Wildman–Crippen MR) is 56.4 cm³/mol. The van der Waals surface area contributed by atoms with Gasteiger partial charge in [0, 0.05) is 12.6 Å². The minimum Gasteiger partial charge on any atom is -0.338 e. The zero-order valence-electron chi connectivity index (χ0n) is 9.36. The van der Waals surface area contributed by atoms with Crippen molar-refractivity contribution >= 4 is 0 Å². The van der Waals surface area contributed by atoms with Gasteiger partial charge in [-0.15, -0.1) is 0 Å². The van der Waals surface area contributed by atoms with E-state index in [1.54, 1.807) is 0 Å². The van der Waals surface area contributed by atoms with Gasteiger partial charge in [-0.1, -0.05) is 5.16 Å². The van der Waals surface area contributed by atoms with Crippen LogP contribution < -0.4 is 5.32 Å². The summed E-state index contributed by atoms with van der Waals surface area (Å²) in [5.74, 6) is 1.44. The van der Waals surface area contributed by atoms with Gasteiger partial charge in [-0.2, -0.15) is 4.98 Å². The third kappa shape index (κ3) is 3.00. The molecule has 0 radical (unpaired) electrons. The molecule has 1 fully saturated rings. The third-order valence-corrected chi connectivity index (χ3v) is 2.60. The van der Waals surface area contributed by atoms with Crippen LogP contribution in [-0.4, -0.2) is 40.7 Å². The number of aromatic nitrogens is 2. The average molecular weight is 210 g/mol. The highest BCUT2D eigenvalue weighted by molar-refractivity contribution is 4.84. The molecule has 84 valence electrons. The van der Waals surface area contributed by atoms with E-state index >= 15 is 0 Å². The summed E-state index contributed by atoms with van der Waals surface area (Å²) in [6.45, 7) is 8.06. The normalized spacial score (nSPS) is 24.0. The van der Waals surface area contributed by atoms with Gasteiger partial charge in [-0.3, -0.25) is 4.90 Å². The molecular formula is C10H18N4O. The van der Waals surface area contributed by atoms with Gasteiger partial charge in [0.25, 0.3) is 0 Å². The molecule has 5 heteroatoms. The molecule has 1 saturated heterocycles. The monoisotopic (exact) mass is 210 g/mol. The van der Waals surface area contributed by atoms with Crippen molar-refractivity contribution in [3.63, 3.8) is 0 Å². The van der Waals surface area contributed by atoms with Crippen LogP contribution >= 0.6 is 0 Å². The number of rotatable bonds is 2. The number of aryl methyl sites for hydroxylation is 1. The van der Waals surface area contributed by atoms with Crippen LogP contribution in [0.1, 0.15) is 25.1 Å². The molecule has 0 saturated carbocycles. The maximum Gasteiger partial charge on any atom is 0.240 e. The first kappa shape index (κ1) is 10.6. The highest BCUT2D eigenvalue weighted by Gasteiger charge is 2.16. The van der Waals surface area contributed by atoms with Crippen molar-refractivity contribution in [1.29, 1.82) is 0 Å². The van der Waals surface area contributed by atoms with E-state index in [9.17, 15) is 0 Å². The average Bonchev–Trinajstić information content (AvgIpc) is 2.46. The summed E-state index contributed by atoms with van der Waals surface area (Å²) in [7, 11) is 0. The quantitative estimate of drug-likeness (QED) is 0.773. The highest BCUT2D eigenvalue weighted by atomic mass is 16.5. The van der Waals surface area contributed by atoms with E-state index in [1.165, 1.54) is 6.42 Å². The molecule has 1 unspecified atom stereocenters. The minimum atomic E-state index is 0.538. The molecule has 1 aromatic heterocycles. The van der Waals surface area contributed by atoms with Crippen molar-refractivity contribution in [1.82, 2.24) is 20.4 Å². The van der Waals surface area contributed by atoms with Crippen LogP contribution in [0.4, 0.5) is 0 Å². The van der Waals surface area contributed by atoms with E-state index in [4.69, 9.17) is 4.52 Å². The molecule has 1 aromatic rings. The smallest absolute Gasteiger partial charge is 0.240 e.